The molecule has 4 rings (SSSR count). The van der Waals surface area contributed by atoms with E-state index in [0.29, 0.717) is 5.76 Å². The first-order valence-corrected chi connectivity index (χ1v) is 8.26. The van der Waals surface area contributed by atoms with E-state index in [2.05, 4.69) is 11.0 Å². The molecule has 124 valence electrons. The molecule has 1 aliphatic heterocycles. The Labute approximate surface area is 146 Å². The predicted molar refractivity (Wildman–Crippen MR) is 102 cm³/mol. The van der Waals surface area contributed by atoms with Gasteiger partial charge in [-0.2, -0.15) is 0 Å². The number of hydrogen-bond acceptors (Lipinski definition) is 3. The summed E-state index contributed by atoms with van der Waals surface area (Å²) >= 11 is 0. The Bertz CT molecular complexity index is 1030. The van der Waals surface area contributed by atoms with Gasteiger partial charge in [0, 0.05) is 17.8 Å². The largest absolute Gasteiger partial charge is 0.507 e. The Hall–Kier alpha value is -3.04. The lowest BCUT2D eigenvalue weighted by molar-refractivity contribution is 0.270. The highest BCUT2D eigenvalue weighted by Crippen LogP contribution is 2.31. The zero-order chi connectivity index (χ0) is 17.4. The van der Waals surface area contributed by atoms with Gasteiger partial charge in [-0.15, -0.1) is 0 Å². The van der Waals surface area contributed by atoms with Crippen LogP contribution in [0.1, 0.15) is 5.56 Å². The standard InChI is InChI=1S/C22H19NO2/c1-23-20-5-3-2-4-18(20)22(25)19-13-10-16(14-21(19)23)7-6-15-8-11-17(24)12-9-15/h2-14,17,24-25H,1H3. The number of para-hydroxylation sites is 1. The Balaban J connectivity index is 1.80. The minimum Gasteiger partial charge on any atom is -0.507 e. The number of nitrogens with zero attached hydrogens (tertiary/aromatic N) is 1. The Kier molecular flexibility index (Phi) is 3.79. The minimum atomic E-state index is -0.492. The summed E-state index contributed by atoms with van der Waals surface area (Å²) in [5.74, 6) is 0.320. The van der Waals surface area contributed by atoms with Gasteiger partial charge < -0.3 is 15.1 Å². The van der Waals surface area contributed by atoms with Crippen LogP contribution in [0.15, 0.2) is 78.4 Å². The van der Waals surface area contributed by atoms with E-state index < -0.39 is 6.10 Å². The lowest BCUT2D eigenvalue weighted by atomic mass is 10.0. The van der Waals surface area contributed by atoms with Crippen LogP contribution in [0.4, 0.5) is 11.4 Å². The van der Waals surface area contributed by atoms with Crippen LogP contribution in [-0.2, 0) is 0 Å². The second kappa shape index (κ2) is 6.11. The van der Waals surface area contributed by atoms with Crippen molar-refractivity contribution in [3.05, 3.63) is 94.4 Å². The normalized spacial score (nSPS) is 19.0. The molecule has 2 aromatic carbocycles. The third kappa shape index (κ3) is 2.79. The predicted octanol–water partition coefficient (Wildman–Crippen LogP) is 2.68. The van der Waals surface area contributed by atoms with E-state index in [4.69, 9.17) is 0 Å². The highest BCUT2D eigenvalue weighted by atomic mass is 16.3. The number of hydrogen-bond donors (Lipinski definition) is 2. The molecule has 0 amide bonds. The zero-order valence-electron chi connectivity index (χ0n) is 13.9. The second-order valence-corrected chi connectivity index (χ2v) is 6.24. The quantitative estimate of drug-likeness (QED) is 0.845. The van der Waals surface area contributed by atoms with Gasteiger partial charge in [0.2, 0.25) is 0 Å². The number of allylic oxidation sites excluding steroid dienone is 4. The van der Waals surface area contributed by atoms with Gasteiger partial charge in [0.15, 0.2) is 0 Å². The molecule has 2 aromatic rings. The van der Waals surface area contributed by atoms with Crippen molar-refractivity contribution in [2.45, 2.75) is 6.10 Å². The molecule has 2 aliphatic rings. The van der Waals surface area contributed by atoms with E-state index in [-0.39, 0.29) is 0 Å². The third-order valence-corrected chi connectivity index (χ3v) is 4.60. The molecule has 0 unspecified atom stereocenters. The average molecular weight is 329 g/mol. The fraction of sp³-hybridized carbons (Fsp3) is 0.0909. The fourth-order valence-corrected chi connectivity index (χ4v) is 3.21. The smallest absolute Gasteiger partial charge is 0.134 e. The van der Waals surface area contributed by atoms with Crippen molar-refractivity contribution in [3.63, 3.8) is 0 Å². The monoisotopic (exact) mass is 329 g/mol. The van der Waals surface area contributed by atoms with Crippen molar-refractivity contribution in [2.75, 3.05) is 11.9 Å². The summed E-state index contributed by atoms with van der Waals surface area (Å²) in [4.78, 5) is 2.10. The molecule has 0 bridgehead atoms. The molecular formula is C22H19NO2. The Morgan fingerprint density at radius 2 is 1.72 bits per heavy atom. The van der Waals surface area contributed by atoms with Crippen LogP contribution in [0.2, 0.25) is 0 Å². The number of aliphatic hydroxyl groups excluding tert-OH is 2. The first kappa shape index (κ1) is 15.5. The van der Waals surface area contributed by atoms with Crippen LogP contribution >= 0.6 is 0 Å². The van der Waals surface area contributed by atoms with Crippen LogP contribution in [0.5, 0.6) is 0 Å². The molecule has 0 fully saturated rings. The van der Waals surface area contributed by atoms with Crippen LogP contribution in [-0.4, -0.2) is 23.4 Å². The number of anilines is 2. The first-order valence-electron chi connectivity index (χ1n) is 8.26. The average Bonchev–Trinajstić information content (AvgIpc) is 2.65. The summed E-state index contributed by atoms with van der Waals surface area (Å²) in [7, 11) is 2.01. The maximum atomic E-state index is 10.6. The second-order valence-electron chi connectivity index (χ2n) is 6.24. The van der Waals surface area contributed by atoms with Crippen LogP contribution in [0, 0.1) is 0 Å². The molecular weight excluding hydrogens is 310 g/mol. The molecule has 3 heteroatoms. The maximum Gasteiger partial charge on any atom is 0.134 e. The molecule has 2 N–H and O–H groups in total. The highest BCUT2D eigenvalue weighted by Gasteiger charge is 2.19. The molecule has 0 spiro atoms. The fourth-order valence-electron chi connectivity index (χ4n) is 3.21. The molecule has 0 atom stereocenters. The number of aliphatic hydroxyl groups is 2. The molecule has 0 radical (unpaired) electrons. The van der Waals surface area contributed by atoms with Gasteiger partial charge in [-0.05, 0) is 35.1 Å². The van der Waals surface area contributed by atoms with Crippen LogP contribution in [0.25, 0.3) is 11.8 Å². The van der Waals surface area contributed by atoms with Gasteiger partial charge in [0.1, 0.15) is 5.76 Å². The van der Waals surface area contributed by atoms with Crippen LogP contribution < -0.4 is 15.3 Å². The van der Waals surface area contributed by atoms with E-state index in [0.717, 1.165) is 32.9 Å². The lowest BCUT2D eigenvalue weighted by Gasteiger charge is -2.27. The van der Waals surface area contributed by atoms with Crippen molar-refractivity contribution in [2.24, 2.45) is 0 Å². The maximum absolute atomic E-state index is 10.6. The van der Waals surface area contributed by atoms with E-state index in [9.17, 15) is 10.2 Å². The summed E-state index contributed by atoms with van der Waals surface area (Å²) in [6.45, 7) is 0. The lowest BCUT2D eigenvalue weighted by Crippen LogP contribution is -2.28. The molecule has 25 heavy (non-hydrogen) atoms. The zero-order valence-corrected chi connectivity index (χ0v) is 13.9. The summed E-state index contributed by atoms with van der Waals surface area (Å²) in [5, 5.41) is 21.9. The van der Waals surface area contributed by atoms with Crippen molar-refractivity contribution >= 4 is 23.2 Å². The van der Waals surface area contributed by atoms with E-state index >= 15 is 0 Å². The Morgan fingerprint density at radius 3 is 2.52 bits per heavy atom. The van der Waals surface area contributed by atoms with Gasteiger partial charge in [0.25, 0.3) is 0 Å². The molecule has 1 heterocycles. The van der Waals surface area contributed by atoms with Crippen molar-refractivity contribution < 1.29 is 10.2 Å². The SMILES string of the molecule is CN1c2ccccc2C(O)=c2ccc(=CC=C3C=CC(O)C=C3)cc21. The third-order valence-electron chi connectivity index (χ3n) is 4.60. The molecule has 0 saturated heterocycles. The van der Waals surface area contributed by atoms with Crippen molar-refractivity contribution in [1.29, 1.82) is 0 Å². The minimum absolute atomic E-state index is 0.320. The first-order chi connectivity index (χ1) is 12.1. The molecule has 0 aromatic heterocycles. The molecule has 1 aliphatic carbocycles. The highest BCUT2D eigenvalue weighted by molar-refractivity contribution is 5.83. The summed E-state index contributed by atoms with van der Waals surface area (Å²) in [6.07, 6.45) is 10.9. The van der Waals surface area contributed by atoms with Crippen LogP contribution in [0.3, 0.4) is 0 Å². The van der Waals surface area contributed by atoms with Gasteiger partial charge in [-0.1, -0.05) is 54.7 Å². The van der Waals surface area contributed by atoms with Gasteiger partial charge >= 0.3 is 0 Å². The van der Waals surface area contributed by atoms with Gasteiger partial charge in [-0.25, -0.2) is 0 Å². The molecule has 3 nitrogen and oxygen atoms in total. The van der Waals surface area contributed by atoms with E-state index in [1.165, 1.54) is 0 Å². The topological polar surface area (TPSA) is 43.7 Å². The summed E-state index contributed by atoms with van der Waals surface area (Å²) in [6, 6.07) is 13.9. The van der Waals surface area contributed by atoms with Crippen molar-refractivity contribution in [3.8, 4) is 0 Å². The molecule has 0 saturated carbocycles. The van der Waals surface area contributed by atoms with E-state index in [1.54, 1.807) is 12.2 Å². The Morgan fingerprint density at radius 1 is 0.960 bits per heavy atom. The van der Waals surface area contributed by atoms with Gasteiger partial charge in [-0.3, -0.25) is 0 Å². The summed E-state index contributed by atoms with van der Waals surface area (Å²) < 4.78 is 0. The van der Waals surface area contributed by atoms with Crippen molar-refractivity contribution in [1.82, 2.24) is 0 Å². The van der Waals surface area contributed by atoms with Gasteiger partial charge in [0.05, 0.1) is 17.5 Å². The summed E-state index contributed by atoms with van der Waals surface area (Å²) in [5.41, 5.74) is 3.87. The number of rotatable bonds is 1. The number of fused-ring (bicyclic) bond motifs is 2. The van der Waals surface area contributed by atoms with E-state index in [1.807, 2.05) is 67.7 Å². The number of benzene rings is 2.